The lowest BCUT2D eigenvalue weighted by molar-refractivity contribution is -0.117. The molecule has 1 atom stereocenters. The molecule has 1 unspecified atom stereocenters. The maximum atomic E-state index is 12.3. The second kappa shape index (κ2) is 7.34. The number of halogens is 2. The molecule has 6 heteroatoms. The van der Waals surface area contributed by atoms with E-state index in [4.69, 9.17) is 0 Å². The SMILES string of the molecule is C=CC(=O)NC1Cc2ccccc2N(c2ccc(OC(F)F)cc2)C1. The molecule has 0 fully saturated rings. The number of fused-ring (bicyclic) bond motifs is 1. The molecule has 0 radical (unpaired) electrons. The van der Waals surface area contributed by atoms with Crippen molar-refractivity contribution in [1.82, 2.24) is 5.32 Å². The summed E-state index contributed by atoms with van der Waals surface area (Å²) < 4.78 is 29.0. The number of carbonyl (C=O) groups is 1. The van der Waals surface area contributed by atoms with E-state index < -0.39 is 6.61 Å². The summed E-state index contributed by atoms with van der Waals surface area (Å²) >= 11 is 0. The highest BCUT2D eigenvalue weighted by molar-refractivity contribution is 5.87. The third-order valence-corrected chi connectivity index (χ3v) is 4.06. The van der Waals surface area contributed by atoms with E-state index in [0.717, 1.165) is 23.4 Å². The van der Waals surface area contributed by atoms with Gasteiger partial charge in [0.1, 0.15) is 5.75 Å². The number of carbonyl (C=O) groups excluding carboxylic acids is 1. The van der Waals surface area contributed by atoms with Crippen LogP contribution in [-0.2, 0) is 11.2 Å². The van der Waals surface area contributed by atoms with E-state index in [2.05, 4.69) is 21.5 Å². The molecule has 2 aromatic carbocycles. The largest absolute Gasteiger partial charge is 0.435 e. The predicted octanol–water partition coefficient (Wildman–Crippen LogP) is 3.65. The summed E-state index contributed by atoms with van der Waals surface area (Å²) in [5.74, 6) is -0.106. The van der Waals surface area contributed by atoms with Gasteiger partial charge in [0.25, 0.3) is 0 Å². The molecule has 0 saturated heterocycles. The number of nitrogens with one attached hydrogen (secondary N) is 1. The van der Waals surface area contributed by atoms with Gasteiger partial charge in [0.15, 0.2) is 0 Å². The van der Waals surface area contributed by atoms with Crippen LogP contribution in [0.5, 0.6) is 5.75 Å². The Morgan fingerprint density at radius 2 is 1.96 bits per heavy atom. The van der Waals surface area contributed by atoms with E-state index in [-0.39, 0.29) is 17.7 Å². The van der Waals surface area contributed by atoms with Crippen molar-refractivity contribution in [3.8, 4) is 5.75 Å². The number of hydrogen-bond donors (Lipinski definition) is 1. The van der Waals surface area contributed by atoms with Crippen LogP contribution in [0, 0.1) is 0 Å². The van der Waals surface area contributed by atoms with Crippen molar-refractivity contribution in [2.75, 3.05) is 11.4 Å². The molecule has 1 amide bonds. The Balaban J connectivity index is 1.87. The van der Waals surface area contributed by atoms with E-state index in [1.54, 1.807) is 12.1 Å². The minimum atomic E-state index is -2.85. The number of benzene rings is 2. The quantitative estimate of drug-likeness (QED) is 0.842. The van der Waals surface area contributed by atoms with Crippen LogP contribution < -0.4 is 15.0 Å². The maximum Gasteiger partial charge on any atom is 0.387 e. The molecule has 4 nitrogen and oxygen atoms in total. The Labute approximate surface area is 144 Å². The average molecular weight is 344 g/mol. The van der Waals surface area contributed by atoms with Gasteiger partial charge in [-0.2, -0.15) is 8.78 Å². The van der Waals surface area contributed by atoms with Gasteiger partial charge in [0, 0.05) is 17.9 Å². The van der Waals surface area contributed by atoms with Gasteiger partial charge in [-0.3, -0.25) is 4.79 Å². The molecular weight excluding hydrogens is 326 g/mol. The monoisotopic (exact) mass is 344 g/mol. The molecule has 2 aromatic rings. The van der Waals surface area contributed by atoms with Crippen LogP contribution in [0.15, 0.2) is 61.2 Å². The van der Waals surface area contributed by atoms with Crippen molar-refractivity contribution in [2.45, 2.75) is 19.1 Å². The lowest BCUT2D eigenvalue weighted by Crippen LogP contribution is -2.46. The third kappa shape index (κ3) is 3.96. The Morgan fingerprint density at radius 3 is 2.64 bits per heavy atom. The number of alkyl halides is 2. The van der Waals surface area contributed by atoms with Gasteiger partial charge in [0.05, 0.1) is 6.04 Å². The Kier molecular flexibility index (Phi) is 4.97. The zero-order valence-corrected chi connectivity index (χ0v) is 13.5. The molecule has 0 aromatic heterocycles. The minimum absolute atomic E-state index is 0.0719. The highest BCUT2D eigenvalue weighted by atomic mass is 19.3. The van der Waals surface area contributed by atoms with Crippen LogP contribution in [0.1, 0.15) is 5.56 Å². The van der Waals surface area contributed by atoms with Gasteiger partial charge >= 0.3 is 6.61 Å². The third-order valence-electron chi connectivity index (χ3n) is 4.06. The van der Waals surface area contributed by atoms with Crippen molar-refractivity contribution >= 4 is 17.3 Å². The van der Waals surface area contributed by atoms with Gasteiger partial charge in [0.2, 0.25) is 5.91 Å². The number of amides is 1. The highest BCUT2D eigenvalue weighted by Crippen LogP contribution is 2.34. The lowest BCUT2D eigenvalue weighted by Gasteiger charge is -2.36. The first-order valence-electron chi connectivity index (χ1n) is 7.90. The molecule has 1 N–H and O–H groups in total. The molecule has 1 aliphatic heterocycles. The summed E-state index contributed by atoms with van der Waals surface area (Å²) in [7, 11) is 0. The number of ether oxygens (including phenoxy) is 1. The summed E-state index contributed by atoms with van der Waals surface area (Å²) in [4.78, 5) is 13.7. The lowest BCUT2D eigenvalue weighted by atomic mass is 9.97. The molecular formula is C19H18F2N2O2. The Morgan fingerprint density at radius 1 is 1.24 bits per heavy atom. The topological polar surface area (TPSA) is 41.6 Å². The summed E-state index contributed by atoms with van der Waals surface area (Å²) in [6, 6.07) is 14.3. The molecule has 0 saturated carbocycles. The summed E-state index contributed by atoms with van der Waals surface area (Å²) in [6.07, 6.45) is 1.97. The standard InChI is InChI=1S/C19H18F2N2O2/c1-2-18(24)22-14-11-13-5-3-4-6-17(13)23(12-14)15-7-9-16(10-8-15)25-19(20)21/h2-10,14,19H,1,11-12H2,(H,22,24). The van der Waals surface area contributed by atoms with Crippen LogP contribution in [0.25, 0.3) is 0 Å². The van der Waals surface area contributed by atoms with E-state index in [1.807, 2.05) is 24.3 Å². The smallest absolute Gasteiger partial charge is 0.387 e. The van der Waals surface area contributed by atoms with Crippen molar-refractivity contribution in [3.63, 3.8) is 0 Å². The van der Waals surface area contributed by atoms with Crippen molar-refractivity contribution in [3.05, 3.63) is 66.7 Å². The van der Waals surface area contributed by atoms with E-state index >= 15 is 0 Å². The predicted molar refractivity (Wildman–Crippen MR) is 92.4 cm³/mol. The summed E-state index contributed by atoms with van der Waals surface area (Å²) in [6.45, 7) is 1.21. The van der Waals surface area contributed by atoms with Crippen molar-refractivity contribution in [1.29, 1.82) is 0 Å². The Hall–Kier alpha value is -2.89. The maximum absolute atomic E-state index is 12.3. The first-order chi connectivity index (χ1) is 12.1. The molecule has 25 heavy (non-hydrogen) atoms. The fourth-order valence-corrected chi connectivity index (χ4v) is 3.00. The summed E-state index contributed by atoms with van der Waals surface area (Å²) in [5, 5.41) is 2.92. The second-order valence-corrected chi connectivity index (χ2v) is 5.73. The zero-order chi connectivity index (χ0) is 17.8. The number of rotatable bonds is 5. The van der Waals surface area contributed by atoms with Crippen molar-refractivity contribution in [2.24, 2.45) is 0 Å². The van der Waals surface area contributed by atoms with Crippen LogP contribution in [0.4, 0.5) is 20.2 Å². The highest BCUT2D eigenvalue weighted by Gasteiger charge is 2.26. The molecule has 3 rings (SSSR count). The second-order valence-electron chi connectivity index (χ2n) is 5.73. The molecule has 0 spiro atoms. The van der Waals surface area contributed by atoms with E-state index in [9.17, 15) is 13.6 Å². The van der Waals surface area contributed by atoms with Crippen LogP contribution in [0.2, 0.25) is 0 Å². The molecule has 130 valence electrons. The minimum Gasteiger partial charge on any atom is -0.435 e. The number of hydrogen-bond acceptors (Lipinski definition) is 3. The van der Waals surface area contributed by atoms with Crippen LogP contribution in [-0.4, -0.2) is 25.1 Å². The van der Waals surface area contributed by atoms with E-state index in [1.165, 1.54) is 18.2 Å². The molecule has 1 aliphatic rings. The fraction of sp³-hybridized carbons (Fsp3) is 0.211. The molecule has 0 bridgehead atoms. The summed E-state index contributed by atoms with van der Waals surface area (Å²) in [5.41, 5.74) is 2.98. The van der Waals surface area contributed by atoms with Gasteiger partial charge in [-0.1, -0.05) is 24.8 Å². The zero-order valence-electron chi connectivity index (χ0n) is 13.5. The first-order valence-corrected chi connectivity index (χ1v) is 7.90. The van der Waals surface area contributed by atoms with Gasteiger partial charge in [-0.05, 0) is 48.4 Å². The van der Waals surface area contributed by atoms with Gasteiger partial charge < -0.3 is 15.0 Å². The van der Waals surface area contributed by atoms with Gasteiger partial charge in [-0.15, -0.1) is 0 Å². The van der Waals surface area contributed by atoms with Crippen molar-refractivity contribution < 1.29 is 18.3 Å². The first kappa shape index (κ1) is 17.0. The molecule has 0 aliphatic carbocycles. The average Bonchev–Trinajstić information content (AvgIpc) is 2.61. The van der Waals surface area contributed by atoms with Crippen LogP contribution >= 0.6 is 0 Å². The number of para-hydroxylation sites is 1. The van der Waals surface area contributed by atoms with Crippen LogP contribution in [0.3, 0.4) is 0 Å². The van der Waals surface area contributed by atoms with Gasteiger partial charge in [-0.25, -0.2) is 0 Å². The number of nitrogens with zero attached hydrogens (tertiary/aromatic N) is 1. The van der Waals surface area contributed by atoms with E-state index in [0.29, 0.717) is 6.54 Å². The normalized spacial score (nSPS) is 16.3. The number of anilines is 2. The fourth-order valence-electron chi connectivity index (χ4n) is 3.00. The Bertz CT molecular complexity index is 762. The molecule has 1 heterocycles.